The molecule has 1 fully saturated rings. The smallest absolute Gasteiger partial charge is 0.465 e. The highest BCUT2D eigenvalue weighted by atomic mass is 32.1. The van der Waals surface area contributed by atoms with Crippen molar-refractivity contribution in [3.05, 3.63) is 18.2 Å². The molecule has 1 aliphatic heterocycles. The van der Waals surface area contributed by atoms with Crippen LogP contribution in [0.1, 0.15) is 19.8 Å². The summed E-state index contributed by atoms with van der Waals surface area (Å²) in [6.07, 6.45) is -4.66. The topological polar surface area (TPSA) is 124 Å². The van der Waals surface area contributed by atoms with Gasteiger partial charge in [-0.1, -0.05) is 11.3 Å². The molecule has 1 aliphatic rings. The molecule has 0 aliphatic carbocycles. The van der Waals surface area contributed by atoms with E-state index in [4.69, 9.17) is 5.11 Å². The van der Waals surface area contributed by atoms with Gasteiger partial charge in [0.05, 0.1) is 23.3 Å². The third kappa shape index (κ3) is 6.93. The molecule has 2 aromatic rings. The number of nitrogens with one attached hydrogen (secondary N) is 2. The second-order valence-corrected chi connectivity index (χ2v) is 9.21. The lowest BCUT2D eigenvalue weighted by atomic mass is 9.90. The third-order valence-corrected chi connectivity index (χ3v) is 6.38. The zero-order valence-corrected chi connectivity index (χ0v) is 19.3. The monoisotopic (exact) mass is 503 g/mol. The van der Waals surface area contributed by atoms with E-state index in [2.05, 4.69) is 20.4 Å². The highest BCUT2D eigenvalue weighted by Crippen LogP contribution is 2.31. The third-order valence-electron chi connectivity index (χ3n) is 5.45. The first-order valence-corrected chi connectivity index (χ1v) is 11.1. The van der Waals surface area contributed by atoms with Crippen LogP contribution < -0.4 is 15.4 Å². The fourth-order valence-corrected chi connectivity index (χ4v) is 4.32. The predicted octanol–water partition coefficient (Wildman–Crippen LogP) is 2.71. The van der Waals surface area contributed by atoms with Crippen molar-refractivity contribution in [2.24, 2.45) is 0 Å². The van der Waals surface area contributed by atoms with Crippen LogP contribution in [-0.4, -0.2) is 82.9 Å². The molecule has 1 aromatic carbocycles. The zero-order chi connectivity index (χ0) is 25.1. The first-order chi connectivity index (χ1) is 15.8. The summed E-state index contributed by atoms with van der Waals surface area (Å²) in [5.41, 5.74) is 0.00561. The molecule has 0 bridgehead atoms. The Bertz CT molecular complexity index is 1070. The zero-order valence-electron chi connectivity index (χ0n) is 18.4. The van der Waals surface area contributed by atoms with Gasteiger partial charge in [0.1, 0.15) is 5.75 Å². The van der Waals surface area contributed by atoms with Gasteiger partial charge in [-0.05, 0) is 31.9 Å². The van der Waals surface area contributed by atoms with E-state index < -0.39 is 18.4 Å². The van der Waals surface area contributed by atoms with E-state index in [1.54, 1.807) is 0 Å². The number of amides is 3. The Kier molecular flexibility index (Phi) is 7.51. The van der Waals surface area contributed by atoms with Crippen LogP contribution in [0.4, 0.5) is 23.1 Å². The Balaban J connectivity index is 1.49. The van der Waals surface area contributed by atoms with Crippen molar-refractivity contribution in [3.63, 3.8) is 0 Å². The maximum atomic E-state index is 12.4. The van der Waals surface area contributed by atoms with Crippen LogP contribution in [-0.2, 0) is 9.59 Å². The largest absolute Gasteiger partial charge is 0.573 e. The number of carboxylic acid groups (broad SMARTS) is 1. The molecular formula is C20H24F3N5O5S. The Labute approximate surface area is 196 Å². The molecule has 0 atom stereocenters. The summed E-state index contributed by atoms with van der Waals surface area (Å²) in [5, 5.41) is 14.9. The van der Waals surface area contributed by atoms with E-state index in [1.165, 1.54) is 29.0 Å². The lowest BCUT2D eigenvalue weighted by Gasteiger charge is -2.39. The second-order valence-electron chi connectivity index (χ2n) is 8.18. The van der Waals surface area contributed by atoms with Crippen LogP contribution in [0.3, 0.4) is 0 Å². The maximum Gasteiger partial charge on any atom is 0.573 e. The van der Waals surface area contributed by atoms with E-state index >= 15 is 0 Å². The molecule has 1 saturated heterocycles. The average molecular weight is 504 g/mol. The van der Waals surface area contributed by atoms with Gasteiger partial charge in [-0.25, -0.2) is 9.78 Å². The minimum atomic E-state index is -4.81. The molecule has 3 N–H and O–H groups in total. The number of carbonyl (C=O) groups is 3. The summed E-state index contributed by atoms with van der Waals surface area (Å²) in [6, 6.07) is 3.66. The number of rotatable bonds is 7. The number of alkyl halides is 3. The fourth-order valence-electron chi connectivity index (χ4n) is 3.41. The minimum Gasteiger partial charge on any atom is -0.465 e. The molecule has 14 heteroatoms. The van der Waals surface area contributed by atoms with Crippen molar-refractivity contribution in [2.45, 2.75) is 31.7 Å². The molecule has 0 unspecified atom stereocenters. The van der Waals surface area contributed by atoms with E-state index in [9.17, 15) is 27.6 Å². The normalized spacial score (nSPS) is 15.7. The van der Waals surface area contributed by atoms with Crippen molar-refractivity contribution in [1.82, 2.24) is 20.1 Å². The quantitative estimate of drug-likeness (QED) is 0.531. The second kappa shape index (κ2) is 10.0. The summed E-state index contributed by atoms with van der Waals surface area (Å²) in [6.45, 7) is 2.40. The van der Waals surface area contributed by atoms with Gasteiger partial charge in [0.25, 0.3) is 0 Å². The molecule has 3 amide bonds. The Hall–Kier alpha value is -3.13. The molecule has 10 nitrogen and oxygen atoms in total. The maximum absolute atomic E-state index is 12.4. The van der Waals surface area contributed by atoms with E-state index in [0.29, 0.717) is 36.1 Å². The van der Waals surface area contributed by atoms with Crippen LogP contribution in [0.5, 0.6) is 5.75 Å². The van der Waals surface area contributed by atoms with Gasteiger partial charge in [-0.3, -0.25) is 9.59 Å². The number of piperidine rings is 1. The van der Waals surface area contributed by atoms with Crippen molar-refractivity contribution < 1.29 is 37.4 Å². The van der Waals surface area contributed by atoms with Gasteiger partial charge in [-0.2, -0.15) is 0 Å². The standard InChI is InChI=1S/C20H24F3N5O5S/c1-19(5-7-28(8-6-19)18(31)32)24-10-16(30)27(2)11-15(29)26-17-25-13-4-3-12(9-14(13)34-17)33-20(21,22)23/h3-4,9,24H,5-8,10-11H2,1-2H3,(H,31,32)(H,25,26,29). The number of hydrogen-bond acceptors (Lipinski definition) is 7. The number of ether oxygens (including phenoxy) is 1. The number of thiazole rings is 1. The lowest BCUT2D eigenvalue weighted by Crippen LogP contribution is -2.54. The highest BCUT2D eigenvalue weighted by molar-refractivity contribution is 7.22. The molecule has 1 aromatic heterocycles. The van der Waals surface area contributed by atoms with Gasteiger partial charge in [-0.15, -0.1) is 13.2 Å². The van der Waals surface area contributed by atoms with E-state index in [1.807, 2.05) is 6.92 Å². The Morgan fingerprint density at radius 1 is 1.29 bits per heavy atom. The van der Waals surface area contributed by atoms with Gasteiger partial charge in [0.15, 0.2) is 5.13 Å². The molecule has 0 saturated carbocycles. The Morgan fingerprint density at radius 2 is 1.97 bits per heavy atom. The van der Waals surface area contributed by atoms with Crippen molar-refractivity contribution in [3.8, 4) is 5.75 Å². The summed E-state index contributed by atoms with van der Waals surface area (Å²) in [5.74, 6) is -1.22. The van der Waals surface area contributed by atoms with Crippen LogP contribution >= 0.6 is 11.3 Å². The van der Waals surface area contributed by atoms with Crippen molar-refractivity contribution in [2.75, 3.05) is 38.5 Å². The molecular weight excluding hydrogens is 479 g/mol. The first-order valence-electron chi connectivity index (χ1n) is 10.3. The number of halogens is 3. The number of anilines is 1. The van der Waals surface area contributed by atoms with Gasteiger partial charge >= 0.3 is 12.5 Å². The van der Waals surface area contributed by atoms with Crippen molar-refractivity contribution in [1.29, 1.82) is 0 Å². The number of benzene rings is 1. The van der Waals surface area contributed by atoms with Crippen LogP contribution in [0.25, 0.3) is 10.2 Å². The number of likely N-dealkylation sites (N-methyl/N-ethyl adjacent to an activating group) is 1. The molecule has 3 rings (SSSR count). The first kappa shape index (κ1) is 25.5. The molecule has 0 radical (unpaired) electrons. The molecule has 34 heavy (non-hydrogen) atoms. The molecule has 2 heterocycles. The summed E-state index contributed by atoms with van der Waals surface area (Å²) >= 11 is 0.980. The summed E-state index contributed by atoms with van der Waals surface area (Å²) < 4.78 is 41.4. The Morgan fingerprint density at radius 3 is 2.59 bits per heavy atom. The van der Waals surface area contributed by atoms with Crippen LogP contribution in [0, 0.1) is 0 Å². The molecule has 0 spiro atoms. The number of hydrogen-bond donors (Lipinski definition) is 3. The predicted molar refractivity (Wildman–Crippen MR) is 118 cm³/mol. The number of likely N-dealkylation sites (tertiary alicyclic amines) is 1. The SMILES string of the molecule is CN(CC(=O)Nc1nc2ccc(OC(F)(F)F)cc2s1)C(=O)CNC1(C)CCN(C(=O)O)CC1. The number of aromatic nitrogens is 1. The van der Waals surface area contributed by atoms with Gasteiger partial charge < -0.3 is 30.3 Å². The lowest BCUT2D eigenvalue weighted by molar-refractivity contribution is -0.274. The van der Waals surface area contributed by atoms with Crippen molar-refractivity contribution >= 4 is 44.6 Å². The van der Waals surface area contributed by atoms with Gasteiger partial charge in [0.2, 0.25) is 11.8 Å². The van der Waals surface area contributed by atoms with Crippen LogP contribution in [0.15, 0.2) is 18.2 Å². The highest BCUT2D eigenvalue weighted by Gasteiger charge is 2.32. The summed E-state index contributed by atoms with van der Waals surface area (Å²) in [4.78, 5) is 42.5. The molecule has 186 valence electrons. The van der Waals surface area contributed by atoms with Crippen LogP contribution in [0.2, 0.25) is 0 Å². The number of fused-ring (bicyclic) bond motifs is 1. The fraction of sp³-hybridized carbons (Fsp3) is 0.500. The van der Waals surface area contributed by atoms with E-state index in [0.717, 1.165) is 17.4 Å². The minimum absolute atomic E-state index is 0.0174. The number of nitrogens with zero attached hydrogens (tertiary/aromatic N) is 3. The average Bonchev–Trinajstić information content (AvgIpc) is 3.12. The van der Waals surface area contributed by atoms with Gasteiger partial charge in [0, 0.05) is 31.7 Å². The van der Waals surface area contributed by atoms with E-state index in [-0.39, 0.29) is 35.4 Å². The summed E-state index contributed by atoms with van der Waals surface area (Å²) in [7, 11) is 1.47. The number of carbonyl (C=O) groups excluding carboxylic acids is 2.